The van der Waals surface area contributed by atoms with Crippen LogP contribution in [-0.2, 0) is 0 Å². The zero-order valence-corrected chi connectivity index (χ0v) is 23.6. The molecule has 0 amide bonds. The Hall–Kier alpha value is -5.87. The third-order valence-corrected chi connectivity index (χ3v) is 9.87. The SMILES string of the molecule is c1ccc2c(c1)C1=Nc3c(n4c5ccccc5c5ccc6c7ccccc7n(c7ccccc37)c6c54)NC1c1ccccc1-2. The highest BCUT2D eigenvalue weighted by molar-refractivity contribution is 6.25. The molecule has 0 spiro atoms. The molecule has 0 fully saturated rings. The average molecular weight is 561 g/mol. The Morgan fingerprint density at radius 1 is 0.455 bits per heavy atom. The van der Waals surface area contributed by atoms with Crippen molar-refractivity contribution in [1.82, 2.24) is 8.80 Å². The van der Waals surface area contributed by atoms with Gasteiger partial charge in [0.2, 0.25) is 0 Å². The molecule has 204 valence electrons. The number of hydrogen-bond donors (Lipinski definition) is 1. The van der Waals surface area contributed by atoms with Crippen molar-refractivity contribution in [2.24, 2.45) is 4.99 Å². The smallest absolute Gasteiger partial charge is 0.139 e. The van der Waals surface area contributed by atoms with Gasteiger partial charge in [-0.2, -0.15) is 0 Å². The molecule has 1 aliphatic carbocycles. The van der Waals surface area contributed by atoms with E-state index in [9.17, 15) is 0 Å². The Morgan fingerprint density at radius 3 is 1.70 bits per heavy atom. The second kappa shape index (κ2) is 7.94. The highest BCUT2D eigenvalue weighted by Crippen LogP contribution is 2.49. The minimum Gasteiger partial charge on any atom is -0.357 e. The third kappa shape index (κ3) is 2.63. The van der Waals surface area contributed by atoms with Gasteiger partial charge in [-0.05, 0) is 34.9 Å². The van der Waals surface area contributed by atoms with Crippen molar-refractivity contribution in [3.63, 3.8) is 0 Å². The summed E-state index contributed by atoms with van der Waals surface area (Å²) < 4.78 is 4.93. The first kappa shape index (κ1) is 22.7. The molecule has 0 saturated heterocycles. The molecule has 1 unspecified atom stereocenters. The molecule has 4 heterocycles. The fourth-order valence-corrected chi connectivity index (χ4v) is 8.10. The van der Waals surface area contributed by atoms with Crippen LogP contribution in [0.15, 0.2) is 138 Å². The summed E-state index contributed by atoms with van der Waals surface area (Å²) in [6, 6.07) is 48.4. The molecule has 0 saturated carbocycles. The molecule has 44 heavy (non-hydrogen) atoms. The topological polar surface area (TPSA) is 33.2 Å². The van der Waals surface area contributed by atoms with Crippen LogP contribution in [0.5, 0.6) is 0 Å². The molecule has 1 aliphatic heterocycles. The molecule has 2 aliphatic rings. The second-order valence-corrected chi connectivity index (χ2v) is 12.0. The van der Waals surface area contributed by atoms with Gasteiger partial charge in [0.05, 0.1) is 39.3 Å². The van der Waals surface area contributed by atoms with Gasteiger partial charge >= 0.3 is 0 Å². The van der Waals surface area contributed by atoms with Crippen LogP contribution in [0.4, 0.5) is 11.5 Å². The number of anilines is 1. The lowest BCUT2D eigenvalue weighted by atomic mass is 9.80. The molecule has 0 bridgehead atoms. The summed E-state index contributed by atoms with van der Waals surface area (Å²) in [5.74, 6) is 1.02. The predicted octanol–water partition coefficient (Wildman–Crippen LogP) is 10.1. The number of hydrogen-bond acceptors (Lipinski definition) is 2. The second-order valence-electron chi connectivity index (χ2n) is 12.0. The first-order valence-electron chi connectivity index (χ1n) is 15.2. The summed E-state index contributed by atoms with van der Waals surface area (Å²) in [5.41, 5.74) is 12.9. The van der Waals surface area contributed by atoms with E-state index in [1.54, 1.807) is 0 Å². The maximum absolute atomic E-state index is 5.68. The fraction of sp³-hybridized carbons (Fsp3) is 0.0250. The summed E-state index contributed by atoms with van der Waals surface area (Å²) in [5, 5.41) is 10.2. The summed E-state index contributed by atoms with van der Waals surface area (Å²) in [6.45, 7) is 0. The van der Waals surface area contributed by atoms with Gasteiger partial charge in [0, 0.05) is 32.5 Å². The standard InChI is InChI=1S/C40H24N4/c1-3-15-27-23(11-1)24-12-2-4-16-28(24)36-35(27)41-37-31-17-7-10-20-34(31)43-32-18-8-5-13-25(32)29-21-22-30-26-14-6-9-19-33(26)44(40(37)42-36)39(30)38(29)43/h1-22,36,42H. The van der Waals surface area contributed by atoms with E-state index in [1.165, 1.54) is 65.9 Å². The Morgan fingerprint density at radius 2 is 0.977 bits per heavy atom. The molecular weight excluding hydrogens is 536 g/mol. The molecule has 1 atom stereocenters. The number of benzene rings is 6. The maximum atomic E-state index is 5.68. The summed E-state index contributed by atoms with van der Waals surface area (Å²) in [7, 11) is 0. The Balaban J connectivity index is 1.45. The molecule has 0 radical (unpaired) electrons. The van der Waals surface area contributed by atoms with Gasteiger partial charge in [-0.25, -0.2) is 4.99 Å². The zero-order chi connectivity index (χ0) is 28.5. The molecule has 3 aromatic heterocycles. The number of rotatable bonds is 0. The number of aliphatic imine (C=N–C) groups is 1. The van der Waals surface area contributed by atoms with Gasteiger partial charge in [-0.1, -0.05) is 115 Å². The molecular formula is C40H24N4. The maximum Gasteiger partial charge on any atom is 0.139 e. The Labute approximate surface area is 252 Å². The molecule has 1 N–H and O–H groups in total. The van der Waals surface area contributed by atoms with Crippen molar-refractivity contribution in [2.75, 3.05) is 5.32 Å². The van der Waals surface area contributed by atoms with Crippen molar-refractivity contribution < 1.29 is 0 Å². The lowest BCUT2D eigenvalue weighted by Gasteiger charge is -2.34. The number of aromatic nitrogens is 2. The number of fused-ring (bicyclic) bond motifs is 17. The number of nitrogens with one attached hydrogen (secondary N) is 1. The molecule has 4 nitrogen and oxygen atoms in total. The third-order valence-electron chi connectivity index (χ3n) is 9.87. The summed E-state index contributed by atoms with van der Waals surface area (Å²) in [4.78, 5) is 5.68. The van der Waals surface area contributed by atoms with Gasteiger partial charge in [-0.15, -0.1) is 0 Å². The first-order chi connectivity index (χ1) is 21.9. The van der Waals surface area contributed by atoms with E-state index in [0.717, 1.165) is 28.1 Å². The van der Waals surface area contributed by atoms with Crippen molar-refractivity contribution in [3.8, 4) is 11.1 Å². The largest absolute Gasteiger partial charge is 0.357 e. The van der Waals surface area contributed by atoms with E-state index < -0.39 is 0 Å². The van der Waals surface area contributed by atoms with E-state index in [0.29, 0.717) is 0 Å². The lowest BCUT2D eigenvalue weighted by Crippen LogP contribution is -2.29. The van der Waals surface area contributed by atoms with E-state index in [4.69, 9.17) is 4.99 Å². The van der Waals surface area contributed by atoms with Crippen molar-refractivity contribution in [3.05, 3.63) is 145 Å². The van der Waals surface area contributed by atoms with Crippen molar-refractivity contribution in [2.45, 2.75) is 6.04 Å². The monoisotopic (exact) mass is 560 g/mol. The molecule has 4 heteroatoms. The van der Waals surface area contributed by atoms with E-state index >= 15 is 0 Å². The highest BCUT2D eigenvalue weighted by atomic mass is 15.2. The van der Waals surface area contributed by atoms with Gasteiger partial charge in [0.25, 0.3) is 0 Å². The Kier molecular flexibility index (Phi) is 4.10. The zero-order valence-electron chi connectivity index (χ0n) is 23.6. The Bertz CT molecular complexity index is 2760. The molecule has 11 rings (SSSR count). The van der Waals surface area contributed by atoms with Crippen molar-refractivity contribution >= 4 is 71.7 Å². The lowest BCUT2D eigenvalue weighted by molar-refractivity contribution is 0.981. The van der Waals surface area contributed by atoms with Gasteiger partial charge in [0.1, 0.15) is 11.5 Å². The molecule has 9 aromatic rings. The van der Waals surface area contributed by atoms with E-state index in [2.05, 4.69) is 148 Å². The normalized spacial score (nSPS) is 15.4. The minimum absolute atomic E-state index is 0.0762. The fourth-order valence-electron chi connectivity index (χ4n) is 8.10. The van der Waals surface area contributed by atoms with Crippen LogP contribution in [0.2, 0.25) is 0 Å². The number of para-hydroxylation sites is 3. The minimum atomic E-state index is -0.0762. The summed E-state index contributed by atoms with van der Waals surface area (Å²) in [6.07, 6.45) is 0. The van der Waals surface area contributed by atoms with E-state index in [1.807, 2.05) is 0 Å². The van der Waals surface area contributed by atoms with Crippen molar-refractivity contribution in [1.29, 1.82) is 0 Å². The highest BCUT2D eigenvalue weighted by Gasteiger charge is 2.35. The average Bonchev–Trinajstić information content (AvgIpc) is 3.60. The van der Waals surface area contributed by atoms with Gasteiger partial charge in [-0.3, -0.25) is 4.40 Å². The van der Waals surface area contributed by atoms with Crippen LogP contribution in [0, 0.1) is 0 Å². The molecule has 6 aromatic carbocycles. The van der Waals surface area contributed by atoms with Crippen LogP contribution < -0.4 is 5.32 Å². The van der Waals surface area contributed by atoms with Gasteiger partial charge < -0.3 is 9.72 Å². The quantitative estimate of drug-likeness (QED) is 0.197. The van der Waals surface area contributed by atoms with Crippen LogP contribution in [-0.4, -0.2) is 14.5 Å². The van der Waals surface area contributed by atoms with Gasteiger partial charge in [0.15, 0.2) is 0 Å². The number of nitrogens with zero attached hydrogens (tertiary/aromatic N) is 3. The van der Waals surface area contributed by atoms with Crippen LogP contribution in [0.3, 0.4) is 0 Å². The van der Waals surface area contributed by atoms with Crippen LogP contribution in [0.25, 0.3) is 65.6 Å². The first-order valence-corrected chi connectivity index (χ1v) is 15.2. The van der Waals surface area contributed by atoms with Crippen LogP contribution in [0.1, 0.15) is 17.2 Å². The van der Waals surface area contributed by atoms with Crippen LogP contribution >= 0.6 is 0 Å². The predicted molar refractivity (Wildman–Crippen MR) is 183 cm³/mol. The van der Waals surface area contributed by atoms with E-state index in [-0.39, 0.29) is 6.04 Å². The summed E-state index contributed by atoms with van der Waals surface area (Å²) >= 11 is 0.